The smallest absolute Gasteiger partial charge is 0.306 e. The van der Waals surface area contributed by atoms with Gasteiger partial charge in [-0.05, 0) is 31.1 Å². The number of unbranched alkanes of at least 4 members (excludes halogenated alkanes) is 33. The highest BCUT2D eigenvalue weighted by molar-refractivity contribution is 5.71. The standard InChI is InChI=1S/C55H106O6/c1-6-8-9-10-11-12-13-23-27-30-37-42-47-55(58)61-52(49-60-54(57)46-41-36-32-31-33-38-43-50(3)4)48-59-53(56)45-40-35-29-26-24-21-19-17-15-14-16-18-20-22-25-28-34-39-44-51(5)7-2/h50-52H,6-49H2,1-5H3/t51?,52-/m1/s1. The van der Waals surface area contributed by atoms with Crippen LogP contribution >= 0.6 is 0 Å². The summed E-state index contributed by atoms with van der Waals surface area (Å²) in [6.07, 6.45) is 49.6. The molecule has 61 heavy (non-hydrogen) atoms. The van der Waals surface area contributed by atoms with Gasteiger partial charge < -0.3 is 14.2 Å². The fourth-order valence-corrected chi connectivity index (χ4v) is 8.31. The van der Waals surface area contributed by atoms with Crippen LogP contribution in [0.5, 0.6) is 0 Å². The Labute approximate surface area is 380 Å². The molecule has 0 heterocycles. The van der Waals surface area contributed by atoms with Gasteiger partial charge in [0.25, 0.3) is 0 Å². The first kappa shape index (κ1) is 59.4. The number of rotatable bonds is 49. The van der Waals surface area contributed by atoms with Crippen molar-refractivity contribution in [3.05, 3.63) is 0 Å². The number of ether oxygens (including phenoxy) is 3. The van der Waals surface area contributed by atoms with E-state index in [1.807, 2.05) is 0 Å². The van der Waals surface area contributed by atoms with E-state index in [0.29, 0.717) is 19.3 Å². The Morgan fingerprint density at radius 3 is 0.934 bits per heavy atom. The van der Waals surface area contributed by atoms with Crippen molar-refractivity contribution < 1.29 is 28.6 Å². The minimum atomic E-state index is -0.761. The molecule has 6 heteroatoms. The van der Waals surface area contributed by atoms with Crippen LogP contribution in [0.25, 0.3) is 0 Å². The quantitative estimate of drug-likeness (QED) is 0.0344. The van der Waals surface area contributed by atoms with Crippen molar-refractivity contribution in [1.82, 2.24) is 0 Å². The van der Waals surface area contributed by atoms with E-state index < -0.39 is 6.10 Å². The normalized spacial score (nSPS) is 12.5. The van der Waals surface area contributed by atoms with Crippen LogP contribution in [0.1, 0.15) is 304 Å². The molecule has 0 aromatic carbocycles. The first-order valence-corrected chi connectivity index (χ1v) is 27.3. The summed E-state index contributed by atoms with van der Waals surface area (Å²) >= 11 is 0. The Morgan fingerprint density at radius 2 is 0.623 bits per heavy atom. The van der Waals surface area contributed by atoms with Gasteiger partial charge in [0.1, 0.15) is 13.2 Å². The lowest BCUT2D eigenvalue weighted by Gasteiger charge is -2.18. The van der Waals surface area contributed by atoms with Crippen molar-refractivity contribution >= 4 is 17.9 Å². The van der Waals surface area contributed by atoms with Crippen LogP contribution in [0, 0.1) is 11.8 Å². The maximum atomic E-state index is 12.8. The van der Waals surface area contributed by atoms with Crippen LogP contribution in [0.3, 0.4) is 0 Å². The predicted octanol–water partition coefficient (Wildman–Crippen LogP) is 17.7. The summed E-state index contributed by atoms with van der Waals surface area (Å²) in [4.78, 5) is 37.9. The average molecular weight is 863 g/mol. The van der Waals surface area contributed by atoms with Crippen LogP contribution < -0.4 is 0 Å². The zero-order valence-corrected chi connectivity index (χ0v) is 41.8. The van der Waals surface area contributed by atoms with E-state index in [1.165, 1.54) is 193 Å². The summed E-state index contributed by atoms with van der Waals surface area (Å²) in [5.41, 5.74) is 0. The predicted molar refractivity (Wildman–Crippen MR) is 261 cm³/mol. The largest absolute Gasteiger partial charge is 0.462 e. The molecule has 2 atom stereocenters. The van der Waals surface area contributed by atoms with Gasteiger partial charge in [0.2, 0.25) is 0 Å². The van der Waals surface area contributed by atoms with Crippen LogP contribution in [0.15, 0.2) is 0 Å². The van der Waals surface area contributed by atoms with Gasteiger partial charge in [-0.2, -0.15) is 0 Å². The molecule has 0 N–H and O–H groups in total. The fourth-order valence-electron chi connectivity index (χ4n) is 8.31. The molecule has 0 aromatic heterocycles. The van der Waals surface area contributed by atoms with Crippen molar-refractivity contribution in [2.45, 2.75) is 310 Å². The van der Waals surface area contributed by atoms with Crippen molar-refractivity contribution in [1.29, 1.82) is 0 Å². The van der Waals surface area contributed by atoms with Crippen molar-refractivity contribution in [3.63, 3.8) is 0 Å². The van der Waals surface area contributed by atoms with Gasteiger partial charge in [0.05, 0.1) is 0 Å². The van der Waals surface area contributed by atoms with E-state index >= 15 is 0 Å². The molecule has 0 amide bonds. The second kappa shape index (κ2) is 47.9. The lowest BCUT2D eigenvalue weighted by molar-refractivity contribution is -0.167. The van der Waals surface area contributed by atoms with Gasteiger partial charge in [-0.25, -0.2) is 0 Å². The fraction of sp³-hybridized carbons (Fsp3) is 0.945. The van der Waals surface area contributed by atoms with E-state index in [9.17, 15) is 14.4 Å². The maximum Gasteiger partial charge on any atom is 0.306 e. The van der Waals surface area contributed by atoms with E-state index in [0.717, 1.165) is 69.6 Å². The van der Waals surface area contributed by atoms with Crippen molar-refractivity contribution in [3.8, 4) is 0 Å². The monoisotopic (exact) mass is 863 g/mol. The zero-order valence-electron chi connectivity index (χ0n) is 41.8. The number of esters is 3. The number of carbonyl (C=O) groups excluding carboxylic acids is 3. The number of hydrogen-bond acceptors (Lipinski definition) is 6. The summed E-state index contributed by atoms with van der Waals surface area (Å²) in [5.74, 6) is 0.823. The summed E-state index contributed by atoms with van der Waals surface area (Å²) in [5, 5.41) is 0. The average Bonchev–Trinajstić information content (AvgIpc) is 3.24. The lowest BCUT2D eigenvalue weighted by Crippen LogP contribution is -2.30. The van der Waals surface area contributed by atoms with Gasteiger partial charge in [0, 0.05) is 19.3 Å². The molecule has 0 bridgehead atoms. The molecular formula is C55H106O6. The molecule has 0 aliphatic rings. The highest BCUT2D eigenvalue weighted by Gasteiger charge is 2.19. The molecule has 0 rings (SSSR count). The van der Waals surface area contributed by atoms with Gasteiger partial charge in [-0.15, -0.1) is 0 Å². The first-order chi connectivity index (χ1) is 29.8. The summed E-state index contributed by atoms with van der Waals surface area (Å²) < 4.78 is 16.8. The molecule has 0 aliphatic carbocycles. The molecule has 0 aromatic rings. The highest BCUT2D eigenvalue weighted by Crippen LogP contribution is 2.18. The van der Waals surface area contributed by atoms with Gasteiger partial charge >= 0.3 is 17.9 Å². The van der Waals surface area contributed by atoms with Crippen LogP contribution in [0.2, 0.25) is 0 Å². The topological polar surface area (TPSA) is 78.9 Å². The van der Waals surface area contributed by atoms with Gasteiger partial charge in [0.15, 0.2) is 6.10 Å². The number of carbonyl (C=O) groups is 3. The molecule has 6 nitrogen and oxygen atoms in total. The number of hydrogen-bond donors (Lipinski definition) is 0. The van der Waals surface area contributed by atoms with Crippen LogP contribution in [-0.2, 0) is 28.6 Å². The Balaban J connectivity index is 4.15. The maximum absolute atomic E-state index is 12.8. The van der Waals surface area contributed by atoms with E-state index in [4.69, 9.17) is 14.2 Å². The molecule has 0 radical (unpaired) electrons. The summed E-state index contributed by atoms with van der Waals surface area (Å²) in [6, 6.07) is 0. The molecule has 0 saturated carbocycles. The Morgan fingerprint density at radius 1 is 0.344 bits per heavy atom. The summed E-state index contributed by atoms with van der Waals surface area (Å²) in [6.45, 7) is 11.4. The van der Waals surface area contributed by atoms with E-state index in [-0.39, 0.29) is 31.1 Å². The minimum Gasteiger partial charge on any atom is -0.462 e. The minimum absolute atomic E-state index is 0.0641. The third-order valence-corrected chi connectivity index (χ3v) is 12.8. The molecule has 362 valence electrons. The third kappa shape index (κ3) is 47.7. The molecule has 0 fully saturated rings. The Kier molecular flexibility index (Phi) is 46.6. The molecular weight excluding hydrogens is 757 g/mol. The zero-order chi connectivity index (χ0) is 44.7. The van der Waals surface area contributed by atoms with E-state index in [1.54, 1.807) is 0 Å². The highest BCUT2D eigenvalue weighted by atomic mass is 16.6. The van der Waals surface area contributed by atoms with Crippen LogP contribution in [-0.4, -0.2) is 37.2 Å². The lowest BCUT2D eigenvalue weighted by atomic mass is 9.99. The third-order valence-electron chi connectivity index (χ3n) is 12.8. The molecule has 0 spiro atoms. The SMILES string of the molecule is CCCCCCCCCCCCCCC(=O)O[C@H](COC(=O)CCCCCCCCCCCCCCCCCCCCC(C)CC)COC(=O)CCCCCCCCC(C)C. The molecule has 1 unspecified atom stereocenters. The van der Waals surface area contributed by atoms with Gasteiger partial charge in [-0.1, -0.05) is 266 Å². The Hall–Kier alpha value is -1.59. The van der Waals surface area contributed by atoms with Crippen molar-refractivity contribution in [2.24, 2.45) is 11.8 Å². The van der Waals surface area contributed by atoms with Crippen LogP contribution in [0.4, 0.5) is 0 Å². The molecule has 0 aliphatic heterocycles. The van der Waals surface area contributed by atoms with E-state index in [2.05, 4.69) is 34.6 Å². The van der Waals surface area contributed by atoms with Crippen molar-refractivity contribution in [2.75, 3.05) is 13.2 Å². The van der Waals surface area contributed by atoms with Gasteiger partial charge in [-0.3, -0.25) is 14.4 Å². The Bertz CT molecular complexity index is 933. The molecule has 0 saturated heterocycles. The second-order valence-electron chi connectivity index (χ2n) is 19.6. The second-order valence-corrected chi connectivity index (χ2v) is 19.6. The summed E-state index contributed by atoms with van der Waals surface area (Å²) in [7, 11) is 0. The first-order valence-electron chi connectivity index (χ1n) is 27.3.